The van der Waals surface area contributed by atoms with Crippen molar-refractivity contribution < 1.29 is 9.59 Å². The lowest BCUT2D eigenvalue weighted by atomic mass is 10.2. The van der Waals surface area contributed by atoms with Crippen LogP contribution in [-0.2, 0) is 4.79 Å². The molecular weight excluding hydrogens is 432 g/mol. The molecule has 3 fully saturated rings. The molecule has 0 spiro atoms. The van der Waals surface area contributed by atoms with E-state index in [1.807, 2.05) is 6.07 Å². The van der Waals surface area contributed by atoms with Crippen molar-refractivity contribution in [1.82, 2.24) is 14.7 Å². The minimum atomic E-state index is -0.170. The second-order valence-corrected chi connectivity index (χ2v) is 8.20. The molecule has 3 amide bonds. The number of benzene rings is 1. The number of halogens is 2. The van der Waals surface area contributed by atoms with Gasteiger partial charge in [0.15, 0.2) is 0 Å². The molecule has 3 aliphatic rings. The van der Waals surface area contributed by atoms with E-state index in [2.05, 4.69) is 43.9 Å². The average molecular weight is 458 g/mol. The quantitative estimate of drug-likeness (QED) is 0.638. The molecule has 1 aromatic rings. The van der Waals surface area contributed by atoms with Gasteiger partial charge in [0.1, 0.15) is 6.04 Å². The molecule has 3 aliphatic heterocycles. The standard InChI is InChI=1S/C19H25BrN4O2.ClH/c20-15-4-1-5-16(14-15)22-12-10-21(11-13-22)7-3-9-24-18(25)17-6-2-8-23(17)19(24)26;/h1,4-5,14,17H,2-3,6-13H2;1H. The van der Waals surface area contributed by atoms with Crippen molar-refractivity contribution in [2.75, 3.05) is 50.7 Å². The van der Waals surface area contributed by atoms with Gasteiger partial charge in [-0.25, -0.2) is 4.79 Å². The predicted molar refractivity (Wildman–Crippen MR) is 111 cm³/mol. The summed E-state index contributed by atoms with van der Waals surface area (Å²) in [6, 6.07) is 8.18. The van der Waals surface area contributed by atoms with Crippen LogP contribution in [0, 0.1) is 0 Å². The van der Waals surface area contributed by atoms with Gasteiger partial charge >= 0.3 is 6.03 Å². The van der Waals surface area contributed by atoms with Gasteiger partial charge in [0, 0.05) is 49.4 Å². The zero-order valence-corrected chi connectivity index (χ0v) is 17.8. The number of urea groups is 1. The number of amides is 3. The molecule has 1 unspecified atom stereocenters. The van der Waals surface area contributed by atoms with E-state index in [4.69, 9.17) is 0 Å². The van der Waals surface area contributed by atoms with Crippen LogP contribution < -0.4 is 4.90 Å². The van der Waals surface area contributed by atoms with Gasteiger partial charge in [-0.3, -0.25) is 14.6 Å². The Morgan fingerprint density at radius 1 is 1.04 bits per heavy atom. The molecule has 0 aliphatic carbocycles. The Hall–Kier alpha value is -1.31. The number of piperazine rings is 1. The maximum absolute atomic E-state index is 12.3. The van der Waals surface area contributed by atoms with E-state index in [9.17, 15) is 9.59 Å². The van der Waals surface area contributed by atoms with Crippen LogP contribution in [0.2, 0.25) is 0 Å². The number of carbonyl (C=O) groups excluding carboxylic acids is 2. The number of fused-ring (bicyclic) bond motifs is 1. The van der Waals surface area contributed by atoms with Crippen molar-refractivity contribution in [3.63, 3.8) is 0 Å². The maximum Gasteiger partial charge on any atom is 0.327 e. The monoisotopic (exact) mass is 456 g/mol. The summed E-state index contributed by atoms with van der Waals surface area (Å²) in [6.45, 7) is 6.28. The van der Waals surface area contributed by atoms with E-state index in [1.54, 1.807) is 4.90 Å². The van der Waals surface area contributed by atoms with E-state index in [1.165, 1.54) is 10.6 Å². The zero-order valence-electron chi connectivity index (χ0n) is 15.3. The molecule has 1 aromatic carbocycles. The first kappa shape index (κ1) is 20.4. The largest absolute Gasteiger partial charge is 0.369 e. The van der Waals surface area contributed by atoms with Crippen LogP contribution in [0.15, 0.2) is 28.7 Å². The minimum absolute atomic E-state index is 0. The number of anilines is 1. The van der Waals surface area contributed by atoms with Crippen molar-refractivity contribution in [2.45, 2.75) is 25.3 Å². The van der Waals surface area contributed by atoms with Crippen LogP contribution in [-0.4, -0.2) is 78.5 Å². The molecule has 1 atom stereocenters. The van der Waals surface area contributed by atoms with Gasteiger partial charge in [0.2, 0.25) is 0 Å². The number of carbonyl (C=O) groups is 2. The summed E-state index contributed by atoms with van der Waals surface area (Å²) < 4.78 is 1.11. The highest BCUT2D eigenvalue weighted by Crippen LogP contribution is 2.27. The van der Waals surface area contributed by atoms with Gasteiger partial charge in [-0.2, -0.15) is 0 Å². The van der Waals surface area contributed by atoms with Gasteiger partial charge in [-0.15, -0.1) is 12.4 Å². The number of hydrogen-bond acceptors (Lipinski definition) is 4. The molecular formula is C19H26BrClN4O2. The van der Waals surface area contributed by atoms with E-state index >= 15 is 0 Å². The van der Waals surface area contributed by atoms with Crippen LogP contribution in [0.4, 0.5) is 10.5 Å². The molecule has 0 radical (unpaired) electrons. The molecule has 3 saturated heterocycles. The Morgan fingerprint density at radius 3 is 2.52 bits per heavy atom. The van der Waals surface area contributed by atoms with E-state index < -0.39 is 0 Å². The van der Waals surface area contributed by atoms with Gasteiger partial charge in [0.05, 0.1) is 0 Å². The number of rotatable bonds is 5. The van der Waals surface area contributed by atoms with Crippen molar-refractivity contribution in [1.29, 1.82) is 0 Å². The highest BCUT2D eigenvalue weighted by Gasteiger charge is 2.46. The Bertz CT molecular complexity index is 674. The fourth-order valence-corrected chi connectivity index (χ4v) is 4.63. The summed E-state index contributed by atoms with van der Waals surface area (Å²) in [4.78, 5) is 32.7. The molecule has 6 nitrogen and oxygen atoms in total. The molecule has 0 bridgehead atoms. The lowest BCUT2D eigenvalue weighted by molar-refractivity contribution is -0.128. The molecule has 0 N–H and O–H groups in total. The van der Waals surface area contributed by atoms with E-state index in [0.29, 0.717) is 6.54 Å². The summed E-state index contributed by atoms with van der Waals surface area (Å²) in [7, 11) is 0. The van der Waals surface area contributed by atoms with Gasteiger partial charge in [-0.05, 0) is 44.0 Å². The summed E-state index contributed by atoms with van der Waals surface area (Å²) in [6.07, 6.45) is 2.64. The summed E-state index contributed by atoms with van der Waals surface area (Å²) >= 11 is 3.53. The molecule has 148 valence electrons. The molecule has 8 heteroatoms. The van der Waals surface area contributed by atoms with Crippen molar-refractivity contribution in [2.24, 2.45) is 0 Å². The normalized spacial score (nSPS) is 23.0. The van der Waals surface area contributed by atoms with Crippen LogP contribution in [0.25, 0.3) is 0 Å². The fraction of sp³-hybridized carbons (Fsp3) is 0.579. The van der Waals surface area contributed by atoms with Crippen LogP contribution in [0.5, 0.6) is 0 Å². The number of nitrogens with zero attached hydrogens (tertiary/aromatic N) is 4. The smallest absolute Gasteiger partial charge is 0.327 e. The van der Waals surface area contributed by atoms with Crippen molar-refractivity contribution in [3.8, 4) is 0 Å². The first-order valence-electron chi connectivity index (χ1n) is 9.48. The molecule has 0 saturated carbocycles. The molecule has 0 aromatic heterocycles. The zero-order chi connectivity index (χ0) is 18.1. The van der Waals surface area contributed by atoms with Crippen LogP contribution in [0.1, 0.15) is 19.3 Å². The van der Waals surface area contributed by atoms with Crippen molar-refractivity contribution >= 4 is 46.0 Å². The second-order valence-electron chi connectivity index (χ2n) is 7.29. The van der Waals surface area contributed by atoms with Crippen LogP contribution >= 0.6 is 28.3 Å². The summed E-state index contributed by atoms with van der Waals surface area (Å²) in [5, 5.41) is 0. The third kappa shape index (κ3) is 4.25. The predicted octanol–water partition coefficient (Wildman–Crippen LogP) is 2.81. The average Bonchev–Trinajstić information content (AvgIpc) is 3.22. The molecule has 3 heterocycles. The highest BCUT2D eigenvalue weighted by atomic mass is 79.9. The first-order valence-corrected chi connectivity index (χ1v) is 10.3. The van der Waals surface area contributed by atoms with Crippen LogP contribution in [0.3, 0.4) is 0 Å². The lowest BCUT2D eigenvalue weighted by Crippen LogP contribution is -2.47. The Morgan fingerprint density at radius 2 is 1.81 bits per heavy atom. The van der Waals surface area contributed by atoms with E-state index in [-0.39, 0.29) is 30.4 Å². The lowest BCUT2D eigenvalue weighted by Gasteiger charge is -2.36. The van der Waals surface area contributed by atoms with E-state index in [0.717, 1.165) is 63.0 Å². The van der Waals surface area contributed by atoms with Crippen molar-refractivity contribution in [3.05, 3.63) is 28.7 Å². The first-order chi connectivity index (χ1) is 12.6. The Labute approximate surface area is 175 Å². The molecule has 4 rings (SSSR count). The van der Waals surface area contributed by atoms with Gasteiger partial charge in [-0.1, -0.05) is 22.0 Å². The second kappa shape index (κ2) is 8.80. The van der Waals surface area contributed by atoms with Gasteiger partial charge in [0.25, 0.3) is 5.91 Å². The summed E-state index contributed by atoms with van der Waals surface area (Å²) in [5.74, 6) is 0.0203. The van der Waals surface area contributed by atoms with Gasteiger partial charge < -0.3 is 9.80 Å². The molecule has 27 heavy (non-hydrogen) atoms. The number of hydrogen-bond donors (Lipinski definition) is 0. The Kier molecular flexibility index (Phi) is 6.65. The third-order valence-electron chi connectivity index (χ3n) is 5.68. The number of imide groups is 1. The summed E-state index contributed by atoms with van der Waals surface area (Å²) in [5.41, 5.74) is 1.26. The minimum Gasteiger partial charge on any atom is -0.369 e. The fourth-order valence-electron chi connectivity index (χ4n) is 4.24. The highest BCUT2D eigenvalue weighted by molar-refractivity contribution is 9.10. The maximum atomic E-state index is 12.3. The SMILES string of the molecule is Cl.O=C1C2CCCN2C(=O)N1CCCN1CCN(c2cccc(Br)c2)CC1. The Balaban J connectivity index is 0.00000210. The third-order valence-corrected chi connectivity index (χ3v) is 6.18. The topological polar surface area (TPSA) is 47.1 Å².